The van der Waals surface area contributed by atoms with Gasteiger partial charge in [-0.2, -0.15) is 0 Å². The molecule has 0 amide bonds. The highest BCUT2D eigenvalue weighted by molar-refractivity contribution is 6.08. The number of aryl methyl sites for hydroxylation is 1. The number of benzene rings is 1. The van der Waals surface area contributed by atoms with Gasteiger partial charge in [-0.1, -0.05) is 17.9 Å². The second-order valence-electron chi connectivity index (χ2n) is 4.35. The Kier molecular flexibility index (Phi) is 4.61. The van der Waals surface area contributed by atoms with Crippen LogP contribution in [0.2, 0.25) is 0 Å². The topological polar surface area (TPSA) is 35.5 Å². The van der Waals surface area contributed by atoms with Gasteiger partial charge in [0.15, 0.2) is 11.5 Å². The van der Waals surface area contributed by atoms with Crippen LogP contribution in [0.5, 0.6) is 11.5 Å². The van der Waals surface area contributed by atoms with Crippen molar-refractivity contribution < 1.29 is 14.3 Å². The van der Waals surface area contributed by atoms with Gasteiger partial charge in [-0.25, -0.2) is 0 Å². The summed E-state index contributed by atoms with van der Waals surface area (Å²) in [5, 5.41) is 0. The fraction of sp³-hybridized carbons (Fsp3) is 0.462. The Bertz CT molecular complexity index is 413. The van der Waals surface area contributed by atoms with Crippen molar-refractivity contribution in [3.8, 4) is 11.5 Å². The van der Waals surface area contributed by atoms with E-state index in [2.05, 4.69) is 7.85 Å². The molecular weight excluding hydrogens is 215 g/mol. The Balaban J connectivity index is 3.18. The SMILES string of the molecule is BCc1cc(C)c(OC(C)=O)c(OC(C)C)c1. The minimum absolute atomic E-state index is 0.0517. The van der Waals surface area contributed by atoms with Crippen molar-refractivity contribution in [3.05, 3.63) is 23.3 Å². The number of hydrogen-bond donors (Lipinski definition) is 0. The molecule has 0 aromatic heterocycles. The van der Waals surface area contributed by atoms with E-state index in [0.717, 1.165) is 11.9 Å². The van der Waals surface area contributed by atoms with Crippen LogP contribution in [0.15, 0.2) is 12.1 Å². The number of ether oxygens (including phenoxy) is 2. The molecule has 0 radical (unpaired) electrons. The Morgan fingerprint density at radius 3 is 2.53 bits per heavy atom. The van der Waals surface area contributed by atoms with Gasteiger partial charge in [-0.3, -0.25) is 4.79 Å². The fourth-order valence-electron chi connectivity index (χ4n) is 1.63. The van der Waals surface area contributed by atoms with E-state index in [4.69, 9.17) is 9.47 Å². The number of hydrogen-bond acceptors (Lipinski definition) is 3. The molecule has 0 unspecified atom stereocenters. The molecule has 0 saturated heterocycles. The van der Waals surface area contributed by atoms with E-state index in [0.29, 0.717) is 11.5 Å². The van der Waals surface area contributed by atoms with Gasteiger partial charge in [0.05, 0.1) is 6.10 Å². The normalized spacial score (nSPS) is 10.4. The Morgan fingerprint density at radius 2 is 2.06 bits per heavy atom. The molecule has 0 saturated carbocycles. The summed E-state index contributed by atoms with van der Waals surface area (Å²) in [5.41, 5.74) is 2.10. The molecule has 4 heteroatoms. The standard InChI is InChI=1S/C13H19BO3/c1-8(2)16-12-6-11(7-14)5-9(3)13(12)17-10(4)15/h5-6,8H,7,14H2,1-4H3. The first-order chi connectivity index (χ1) is 7.93. The molecule has 0 bridgehead atoms. The van der Waals surface area contributed by atoms with E-state index in [1.165, 1.54) is 12.5 Å². The van der Waals surface area contributed by atoms with E-state index in [1.807, 2.05) is 32.9 Å². The summed E-state index contributed by atoms with van der Waals surface area (Å²) in [6.07, 6.45) is 0.978. The number of rotatable bonds is 4. The third-order valence-electron chi connectivity index (χ3n) is 2.32. The number of esters is 1. The maximum Gasteiger partial charge on any atom is 0.308 e. The molecule has 0 aliphatic carbocycles. The summed E-state index contributed by atoms with van der Waals surface area (Å²) in [6, 6.07) is 3.96. The zero-order valence-corrected chi connectivity index (χ0v) is 11.2. The predicted molar refractivity (Wildman–Crippen MR) is 70.5 cm³/mol. The average Bonchev–Trinajstić information content (AvgIpc) is 2.21. The maximum absolute atomic E-state index is 11.1. The van der Waals surface area contributed by atoms with Crippen LogP contribution in [0.1, 0.15) is 31.9 Å². The molecule has 0 aliphatic heterocycles. The quantitative estimate of drug-likeness (QED) is 0.453. The highest BCUT2D eigenvalue weighted by Crippen LogP contribution is 2.33. The van der Waals surface area contributed by atoms with Crippen LogP contribution in [0.4, 0.5) is 0 Å². The Hall–Kier alpha value is -1.45. The van der Waals surface area contributed by atoms with Crippen molar-refractivity contribution in [1.82, 2.24) is 0 Å². The van der Waals surface area contributed by atoms with Crippen molar-refractivity contribution in [3.63, 3.8) is 0 Å². The Morgan fingerprint density at radius 1 is 1.41 bits per heavy atom. The van der Waals surface area contributed by atoms with Gasteiger partial charge in [0, 0.05) is 6.92 Å². The molecule has 92 valence electrons. The number of carbonyl (C=O) groups is 1. The fourth-order valence-corrected chi connectivity index (χ4v) is 1.63. The van der Waals surface area contributed by atoms with Crippen molar-refractivity contribution in [1.29, 1.82) is 0 Å². The average molecular weight is 234 g/mol. The van der Waals surface area contributed by atoms with Crippen molar-refractivity contribution in [2.24, 2.45) is 0 Å². The summed E-state index contributed by atoms with van der Waals surface area (Å²) in [6.45, 7) is 7.22. The van der Waals surface area contributed by atoms with Crippen LogP contribution in [-0.4, -0.2) is 19.9 Å². The molecule has 17 heavy (non-hydrogen) atoms. The highest BCUT2D eigenvalue weighted by Gasteiger charge is 2.13. The maximum atomic E-state index is 11.1. The van der Waals surface area contributed by atoms with E-state index in [-0.39, 0.29) is 12.1 Å². The molecule has 1 aromatic rings. The van der Waals surface area contributed by atoms with Gasteiger partial charge in [0.1, 0.15) is 7.85 Å². The summed E-state index contributed by atoms with van der Waals surface area (Å²) in [7, 11) is 2.08. The highest BCUT2D eigenvalue weighted by atomic mass is 16.6. The second kappa shape index (κ2) is 5.76. The van der Waals surface area contributed by atoms with Crippen LogP contribution >= 0.6 is 0 Å². The zero-order valence-electron chi connectivity index (χ0n) is 11.2. The third kappa shape index (κ3) is 3.81. The summed E-state index contributed by atoms with van der Waals surface area (Å²) in [4.78, 5) is 11.1. The lowest BCUT2D eigenvalue weighted by Gasteiger charge is -2.16. The van der Waals surface area contributed by atoms with Crippen LogP contribution in [0, 0.1) is 6.92 Å². The van der Waals surface area contributed by atoms with Gasteiger partial charge in [-0.05, 0) is 32.4 Å². The minimum Gasteiger partial charge on any atom is -0.487 e. The molecule has 3 nitrogen and oxygen atoms in total. The molecule has 0 aliphatic rings. The second-order valence-corrected chi connectivity index (χ2v) is 4.35. The van der Waals surface area contributed by atoms with Crippen molar-refractivity contribution in [2.45, 2.75) is 40.1 Å². The zero-order chi connectivity index (χ0) is 13.0. The third-order valence-corrected chi connectivity index (χ3v) is 2.32. The van der Waals surface area contributed by atoms with Gasteiger partial charge in [0.2, 0.25) is 0 Å². The van der Waals surface area contributed by atoms with Crippen molar-refractivity contribution in [2.75, 3.05) is 0 Å². The predicted octanol–water partition coefficient (Wildman–Crippen LogP) is 1.84. The van der Waals surface area contributed by atoms with Crippen LogP contribution in [-0.2, 0) is 11.1 Å². The van der Waals surface area contributed by atoms with Gasteiger partial charge in [0.25, 0.3) is 0 Å². The molecule has 1 rings (SSSR count). The van der Waals surface area contributed by atoms with E-state index < -0.39 is 0 Å². The smallest absolute Gasteiger partial charge is 0.308 e. The van der Waals surface area contributed by atoms with Crippen LogP contribution < -0.4 is 9.47 Å². The summed E-state index contributed by atoms with van der Waals surface area (Å²) in [5.74, 6) is 0.849. The first-order valence-electron chi connectivity index (χ1n) is 5.92. The Labute approximate surface area is 104 Å². The molecule has 0 heterocycles. The number of carbonyl (C=O) groups excluding carboxylic acids is 1. The summed E-state index contributed by atoms with van der Waals surface area (Å²) < 4.78 is 10.9. The lowest BCUT2D eigenvalue weighted by atomic mass is 9.95. The van der Waals surface area contributed by atoms with Crippen LogP contribution in [0.25, 0.3) is 0 Å². The van der Waals surface area contributed by atoms with Gasteiger partial charge >= 0.3 is 5.97 Å². The van der Waals surface area contributed by atoms with Gasteiger partial charge in [-0.15, -0.1) is 0 Å². The van der Waals surface area contributed by atoms with E-state index in [1.54, 1.807) is 0 Å². The van der Waals surface area contributed by atoms with Gasteiger partial charge < -0.3 is 9.47 Å². The summed E-state index contributed by atoms with van der Waals surface area (Å²) >= 11 is 0. The molecule has 0 atom stereocenters. The molecule has 0 fully saturated rings. The first-order valence-corrected chi connectivity index (χ1v) is 5.92. The van der Waals surface area contributed by atoms with Crippen molar-refractivity contribution >= 4 is 13.8 Å². The molecule has 1 aromatic carbocycles. The minimum atomic E-state index is -0.328. The molecular formula is C13H19BO3. The van der Waals surface area contributed by atoms with E-state index in [9.17, 15) is 4.79 Å². The largest absolute Gasteiger partial charge is 0.487 e. The molecule has 0 N–H and O–H groups in total. The first kappa shape index (κ1) is 13.6. The lowest BCUT2D eigenvalue weighted by Crippen LogP contribution is -2.10. The van der Waals surface area contributed by atoms with E-state index >= 15 is 0 Å². The molecule has 0 spiro atoms. The van der Waals surface area contributed by atoms with Crippen LogP contribution in [0.3, 0.4) is 0 Å². The monoisotopic (exact) mass is 234 g/mol. The lowest BCUT2D eigenvalue weighted by molar-refractivity contribution is -0.132.